The highest BCUT2D eigenvalue weighted by molar-refractivity contribution is 6.00. The van der Waals surface area contributed by atoms with Gasteiger partial charge >= 0.3 is 6.18 Å². The molecule has 4 unspecified atom stereocenters. The fourth-order valence-electron chi connectivity index (χ4n) is 4.28. The van der Waals surface area contributed by atoms with Crippen LogP contribution in [0.3, 0.4) is 0 Å². The van der Waals surface area contributed by atoms with Crippen LogP contribution in [-0.2, 0) is 27.0 Å². The SMILES string of the molecule is CCc1ccccc1NC(=O)C1CC(=O)NC2NC(Nc3cccc(C(F)(F)F)c3)NC(=O)C21. The van der Waals surface area contributed by atoms with Crippen LogP contribution in [0.1, 0.15) is 24.5 Å². The van der Waals surface area contributed by atoms with Crippen LogP contribution in [0.2, 0.25) is 0 Å². The highest BCUT2D eigenvalue weighted by Gasteiger charge is 2.48. The highest BCUT2D eigenvalue weighted by Crippen LogP contribution is 2.32. The second-order valence-electron chi connectivity index (χ2n) is 8.21. The second-order valence-corrected chi connectivity index (χ2v) is 8.21. The molecule has 3 amide bonds. The Kier molecular flexibility index (Phi) is 6.47. The Labute approximate surface area is 193 Å². The van der Waals surface area contributed by atoms with E-state index < -0.39 is 53.8 Å². The van der Waals surface area contributed by atoms with Gasteiger partial charge in [-0.05, 0) is 36.2 Å². The summed E-state index contributed by atoms with van der Waals surface area (Å²) in [6.07, 6.45) is -5.82. The van der Waals surface area contributed by atoms with Crippen LogP contribution >= 0.6 is 0 Å². The fraction of sp³-hybridized carbons (Fsp3) is 0.348. The van der Waals surface area contributed by atoms with Gasteiger partial charge in [0.15, 0.2) is 6.29 Å². The number of halogens is 3. The van der Waals surface area contributed by atoms with Crippen molar-refractivity contribution < 1.29 is 27.6 Å². The second kappa shape index (κ2) is 9.34. The number of rotatable bonds is 5. The molecule has 2 aliphatic rings. The summed E-state index contributed by atoms with van der Waals surface area (Å²) in [6, 6.07) is 11.8. The standard InChI is InChI=1S/C23H24F3N5O3/c1-2-12-6-3-4-9-16(12)28-20(33)15-11-17(32)29-19-18(15)21(34)31-22(30-19)27-14-8-5-7-13(10-14)23(24,25)26/h3-10,15,18-19,22,27,30H,2,11H2,1H3,(H,28,33)(H,29,32)(H,31,34). The molecule has 4 atom stereocenters. The van der Waals surface area contributed by atoms with E-state index in [1.807, 2.05) is 19.1 Å². The molecule has 2 aliphatic heterocycles. The maximum absolute atomic E-state index is 13.1. The predicted molar refractivity (Wildman–Crippen MR) is 118 cm³/mol. The van der Waals surface area contributed by atoms with Gasteiger partial charge in [-0.15, -0.1) is 0 Å². The molecular weight excluding hydrogens is 451 g/mol. The Balaban J connectivity index is 1.49. The number of carbonyl (C=O) groups is 3. The molecule has 2 fully saturated rings. The maximum Gasteiger partial charge on any atom is 0.416 e. The summed E-state index contributed by atoms with van der Waals surface area (Å²) in [7, 11) is 0. The number of fused-ring (bicyclic) bond motifs is 1. The molecule has 0 saturated carbocycles. The van der Waals surface area contributed by atoms with Gasteiger partial charge < -0.3 is 21.3 Å². The lowest BCUT2D eigenvalue weighted by Gasteiger charge is -2.43. The maximum atomic E-state index is 13.1. The summed E-state index contributed by atoms with van der Waals surface area (Å²) >= 11 is 0. The largest absolute Gasteiger partial charge is 0.416 e. The molecule has 0 aliphatic carbocycles. The first kappa shape index (κ1) is 23.6. The van der Waals surface area contributed by atoms with Crippen molar-refractivity contribution in [2.45, 2.75) is 38.4 Å². The zero-order chi connectivity index (χ0) is 24.5. The van der Waals surface area contributed by atoms with Crippen LogP contribution in [0.5, 0.6) is 0 Å². The molecule has 2 heterocycles. The summed E-state index contributed by atoms with van der Waals surface area (Å²) in [5, 5.41) is 13.9. The first-order chi connectivity index (χ1) is 16.2. The number of hydrogen-bond acceptors (Lipinski definition) is 5. The Morgan fingerprint density at radius 1 is 1.09 bits per heavy atom. The van der Waals surface area contributed by atoms with E-state index in [1.165, 1.54) is 12.1 Å². The van der Waals surface area contributed by atoms with Gasteiger partial charge in [-0.2, -0.15) is 13.2 Å². The van der Waals surface area contributed by atoms with Gasteiger partial charge in [-0.3, -0.25) is 19.7 Å². The lowest BCUT2D eigenvalue weighted by molar-refractivity contribution is -0.144. The van der Waals surface area contributed by atoms with Gasteiger partial charge in [-0.25, -0.2) is 0 Å². The third-order valence-corrected chi connectivity index (χ3v) is 5.94. The van der Waals surface area contributed by atoms with Crippen LogP contribution in [0.15, 0.2) is 48.5 Å². The van der Waals surface area contributed by atoms with E-state index in [-0.39, 0.29) is 12.1 Å². The van der Waals surface area contributed by atoms with E-state index in [1.54, 1.807) is 12.1 Å². The number of carbonyl (C=O) groups excluding carboxylic acids is 3. The molecule has 34 heavy (non-hydrogen) atoms. The van der Waals surface area contributed by atoms with E-state index in [4.69, 9.17) is 0 Å². The quantitative estimate of drug-likeness (QED) is 0.456. The van der Waals surface area contributed by atoms with Gasteiger partial charge in [0.2, 0.25) is 17.7 Å². The smallest absolute Gasteiger partial charge is 0.353 e. The molecular formula is C23H24F3N5O3. The van der Waals surface area contributed by atoms with Crippen LogP contribution in [-0.4, -0.2) is 30.2 Å². The summed E-state index contributed by atoms with van der Waals surface area (Å²) in [6.45, 7) is 1.95. The number of alkyl halides is 3. The minimum Gasteiger partial charge on any atom is -0.353 e. The van der Waals surface area contributed by atoms with Crippen molar-refractivity contribution in [2.24, 2.45) is 11.8 Å². The number of nitrogens with one attached hydrogen (secondary N) is 5. The third-order valence-electron chi connectivity index (χ3n) is 5.94. The minimum atomic E-state index is -4.51. The van der Waals surface area contributed by atoms with E-state index in [0.717, 1.165) is 17.7 Å². The van der Waals surface area contributed by atoms with Gasteiger partial charge in [-0.1, -0.05) is 31.2 Å². The topological polar surface area (TPSA) is 111 Å². The van der Waals surface area contributed by atoms with Crippen molar-refractivity contribution in [2.75, 3.05) is 10.6 Å². The molecule has 180 valence electrons. The predicted octanol–water partition coefficient (Wildman–Crippen LogP) is 2.40. The average Bonchev–Trinajstić information content (AvgIpc) is 2.78. The summed E-state index contributed by atoms with van der Waals surface area (Å²) < 4.78 is 39.0. The van der Waals surface area contributed by atoms with Crippen molar-refractivity contribution >= 4 is 29.1 Å². The molecule has 0 bridgehead atoms. The zero-order valence-electron chi connectivity index (χ0n) is 18.2. The van der Waals surface area contributed by atoms with E-state index in [0.29, 0.717) is 12.1 Å². The summed E-state index contributed by atoms with van der Waals surface area (Å²) in [5.41, 5.74) is 0.821. The van der Waals surface area contributed by atoms with Gasteiger partial charge in [0.25, 0.3) is 0 Å². The number of benzene rings is 2. The monoisotopic (exact) mass is 475 g/mol. The molecule has 0 aromatic heterocycles. The van der Waals surface area contributed by atoms with Crippen LogP contribution in [0, 0.1) is 11.8 Å². The first-order valence-corrected chi connectivity index (χ1v) is 10.8. The van der Waals surface area contributed by atoms with Gasteiger partial charge in [0, 0.05) is 17.8 Å². The van der Waals surface area contributed by atoms with Crippen molar-refractivity contribution in [3.8, 4) is 0 Å². The van der Waals surface area contributed by atoms with Crippen molar-refractivity contribution in [3.63, 3.8) is 0 Å². The van der Waals surface area contributed by atoms with E-state index in [9.17, 15) is 27.6 Å². The lowest BCUT2D eigenvalue weighted by atomic mass is 9.81. The molecule has 0 radical (unpaired) electrons. The lowest BCUT2D eigenvalue weighted by Crippen LogP contribution is -2.72. The van der Waals surface area contributed by atoms with Gasteiger partial charge in [0.1, 0.15) is 0 Å². The molecule has 4 rings (SSSR count). The summed E-state index contributed by atoms with van der Waals surface area (Å²) in [4.78, 5) is 38.3. The molecule has 5 N–H and O–H groups in total. The fourth-order valence-corrected chi connectivity index (χ4v) is 4.28. The molecule has 11 heteroatoms. The van der Waals surface area contributed by atoms with Crippen LogP contribution in [0.4, 0.5) is 24.5 Å². The zero-order valence-corrected chi connectivity index (χ0v) is 18.2. The molecule has 2 aromatic carbocycles. The highest BCUT2D eigenvalue weighted by atomic mass is 19.4. The number of aryl methyl sites for hydroxylation is 1. The Hall–Kier alpha value is -3.60. The molecule has 0 spiro atoms. The van der Waals surface area contributed by atoms with Gasteiger partial charge in [0.05, 0.1) is 23.6 Å². The van der Waals surface area contributed by atoms with Crippen molar-refractivity contribution in [3.05, 3.63) is 59.7 Å². The minimum absolute atomic E-state index is 0.124. The van der Waals surface area contributed by atoms with Crippen LogP contribution < -0.4 is 26.6 Å². The van der Waals surface area contributed by atoms with Crippen molar-refractivity contribution in [1.29, 1.82) is 0 Å². The normalized spacial score (nSPS) is 24.5. The number of anilines is 2. The van der Waals surface area contributed by atoms with E-state index in [2.05, 4.69) is 26.6 Å². The number of hydrogen-bond donors (Lipinski definition) is 5. The van der Waals surface area contributed by atoms with Crippen molar-refractivity contribution in [1.82, 2.24) is 16.0 Å². The average molecular weight is 475 g/mol. The number of amides is 3. The number of piperidine rings is 1. The summed E-state index contributed by atoms with van der Waals surface area (Å²) in [5.74, 6) is -3.19. The molecule has 8 nitrogen and oxygen atoms in total. The molecule has 2 aromatic rings. The third kappa shape index (κ3) is 4.98. The molecule has 2 saturated heterocycles. The van der Waals surface area contributed by atoms with E-state index >= 15 is 0 Å². The van der Waals surface area contributed by atoms with Crippen LogP contribution in [0.25, 0.3) is 0 Å². The Morgan fingerprint density at radius 3 is 2.59 bits per heavy atom. The number of para-hydroxylation sites is 1. The Bertz CT molecular complexity index is 1110. The Morgan fingerprint density at radius 2 is 1.85 bits per heavy atom. The first-order valence-electron chi connectivity index (χ1n) is 10.8.